The van der Waals surface area contributed by atoms with Crippen molar-refractivity contribution in [3.05, 3.63) is 35.9 Å². The molecule has 0 bridgehead atoms. The number of sulfone groups is 1. The van der Waals surface area contributed by atoms with Crippen molar-refractivity contribution in [3.63, 3.8) is 0 Å². The van der Waals surface area contributed by atoms with Crippen molar-refractivity contribution in [1.82, 2.24) is 0 Å². The summed E-state index contributed by atoms with van der Waals surface area (Å²) in [5.74, 6) is -1.26. The molecule has 2 aliphatic heterocycles. The maximum Gasteiger partial charge on any atom is 0.185 e. The Morgan fingerprint density at radius 1 is 1.00 bits per heavy atom. The predicted octanol–water partition coefficient (Wildman–Crippen LogP) is 3.22. The number of carbonyl (C=O) groups is 1. The number of fused-ring (bicyclic) bond motifs is 1. The Morgan fingerprint density at radius 3 is 2.07 bits per heavy atom. The fourth-order valence-electron chi connectivity index (χ4n) is 5.23. The average Bonchev–Trinajstić information content (AvgIpc) is 2.88. The highest BCUT2D eigenvalue weighted by Crippen LogP contribution is 2.74. The molecule has 27 heavy (non-hydrogen) atoms. The van der Waals surface area contributed by atoms with E-state index in [4.69, 9.17) is 9.47 Å². The summed E-state index contributed by atoms with van der Waals surface area (Å²) in [6, 6.07) is 8.78. The second-order valence-corrected chi connectivity index (χ2v) is 18.2. The van der Waals surface area contributed by atoms with Gasteiger partial charge >= 0.3 is 0 Å². The van der Waals surface area contributed by atoms with Crippen LogP contribution in [0.3, 0.4) is 0 Å². The number of Topliss-reactive ketones (excluding diaryl/α,β-unsaturated/α-hetero) is 1. The summed E-state index contributed by atoms with van der Waals surface area (Å²) in [4.78, 5) is 13.6. The summed E-state index contributed by atoms with van der Waals surface area (Å²) in [6.45, 7) is 11.2. The monoisotopic (exact) mass is 408 g/mol. The Hall–Kier alpha value is -1.02. The second kappa shape index (κ2) is 5.31. The fourth-order valence-corrected chi connectivity index (χ4v) is 15.0. The zero-order valence-corrected chi connectivity index (χ0v) is 18.5. The minimum atomic E-state index is -3.58. The molecule has 7 heteroatoms. The first-order valence-electron chi connectivity index (χ1n) is 9.46. The standard InChI is InChI=1S/C20H28O5SSi/c1-17(2)13-24-18(25-14-17)11-19(16(21)15-9-7-6-8-10-15)20(12-18,26(19,22)23)27(3,4)5/h6-10H,11-14H2,1-5H3. The Labute approximate surface area is 162 Å². The highest BCUT2D eigenvalue weighted by Gasteiger charge is 2.96. The molecule has 2 saturated heterocycles. The number of ketones is 1. The lowest BCUT2D eigenvalue weighted by Gasteiger charge is -2.43. The van der Waals surface area contributed by atoms with Gasteiger partial charge in [-0.3, -0.25) is 4.79 Å². The third kappa shape index (κ3) is 2.23. The molecule has 0 radical (unpaired) electrons. The van der Waals surface area contributed by atoms with Crippen molar-refractivity contribution >= 4 is 23.7 Å². The van der Waals surface area contributed by atoms with E-state index in [2.05, 4.69) is 13.8 Å². The largest absolute Gasteiger partial charge is 0.349 e. The van der Waals surface area contributed by atoms with Crippen LogP contribution in [0.2, 0.25) is 19.6 Å². The topological polar surface area (TPSA) is 69.7 Å². The second-order valence-electron chi connectivity index (χ2n) is 10.1. The number of hydrogen-bond donors (Lipinski definition) is 0. The van der Waals surface area contributed by atoms with Crippen molar-refractivity contribution < 1.29 is 22.7 Å². The van der Waals surface area contributed by atoms with Gasteiger partial charge in [0, 0.05) is 23.8 Å². The number of benzene rings is 1. The predicted molar refractivity (Wildman–Crippen MR) is 106 cm³/mol. The highest BCUT2D eigenvalue weighted by molar-refractivity contribution is 8.05. The van der Waals surface area contributed by atoms with Crippen LogP contribution in [-0.4, -0.2) is 50.4 Å². The summed E-state index contributed by atoms with van der Waals surface area (Å²) in [6.07, 6.45) is 0.378. The van der Waals surface area contributed by atoms with Crippen molar-refractivity contribution in [2.45, 2.75) is 61.2 Å². The van der Waals surface area contributed by atoms with Crippen molar-refractivity contribution in [2.75, 3.05) is 13.2 Å². The van der Waals surface area contributed by atoms with Gasteiger partial charge in [0.15, 0.2) is 26.2 Å². The lowest BCUT2D eigenvalue weighted by Crippen LogP contribution is -2.51. The molecule has 4 rings (SSSR count). The molecular weight excluding hydrogens is 380 g/mol. The number of carbonyl (C=O) groups excluding carboxylic acids is 1. The zero-order chi connectivity index (χ0) is 19.9. The molecule has 1 spiro atoms. The van der Waals surface area contributed by atoms with Crippen molar-refractivity contribution in [3.8, 4) is 0 Å². The van der Waals surface area contributed by atoms with Gasteiger partial charge in [-0.1, -0.05) is 63.8 Å². The summed E-state index contributed by atoms with van der Waals surface area (Å²) in [7, 11) is -5.87. The molecule has 0 aromatic heterocycles. The molecule has 2 unspecified atom stereocenters. The van der Waals surface area contributed by atoms with Gasteiger partial charge < -0.3 is 9.47 Å². The van der Waals surface area contributed by atoms with Crippen LogP contribution >= 0.6 is 0 Å². The molecule has 0 N–H and O–H groups in total. The van der Waals surface area contributed by atoms with Crippen LogP contribution in [-0.2, 0) is 19.3 Å². The first kappa shape index (κ1) is 19.3. The van der Waals surface area contributed by atoms with Crippen molar-refractivity contribution in [1.29, 1.82) is 0 Å². The minimum Gasteiger partial charge on any atom is -0.349 e. The van der Waals surface area contributed by atoms with Gasteiger partial charge in [0.25, 0.3) is 0 Å². The van der Waals surface area contributed by atoms with Gasteiger partial charge in [0.05, 0.1) is 25.7 Å². The summed E-state index contributed by atoms with van der Waals surface area (Å²) >= 11 is 0. The van der Waals surface area contributed by atoms with Gasteiger partial charge in [-0.05, 0) is 0 Å². The molecule has 3 aliphatic rings. The molecule has 3 fully saturated rings. The molecule has 2 atom stereocenters. The van der Waals surface area contributed by atoms with Crippen LogP contribution in [0.1, 0.15) is 37.0 Å². The van der Waals surface area contributed by atoms with E-state index < -0.39 is 32.8 Å². The zero-order valence-electron chi connectivity index (χ0n) is 16.7. The van der Waals surface area contributed by atoms with Crippen LogP contribution in [0.25, 0.3) is 0 Å². The van der Waals surface area contributed by atoms with Crippen LogP contribution < -0.4 is 0 Å². The van der Waals surface area contributed by atoms with E-state index in [9.17, 15) is 13.2 Å². The lowest BCUT2D eigenvalue weighted by atomic mass is 9.93. The summed E-state index contributed by atoms with van der Waals surface area (Å²) < 4.78 is 36.8. The van der Waals surface area contributed by atoms with E-state index in [0.29, 0.717) is 18.8 Å². The quantitative estimate of drug-likeness (QED) is 0.436. The molecule has 0 amide bonds. The minimum absolute atomic E-state index is 0.108. The molecular formula is C20H28O5SSi. The first-order valence-corrected chi connectivity index (χ1v) is 14.4. The molecule has 148 valence electrons. The molecule has 1 saturated carbocycles. The highest BCUT2D eigenvalue weighted by atomic mass is 32.2. The maximum atomic E-state index is 13.6. The number of ether oxygens (including phenoxy) is 2. The van der Waals surface area contributed by atoms with E-state index in [1.807, 2.05) is 25.7 Å². The lowest BCUT2D eigenvalue weighted by molar-refractivity contribution is -0.296. The van der Waals surface area contributed by atoms with Crippen LogP contribution in [0.4, 0.5) is 0 Å². The number of rotatable bonds is 3. The number of hydrogen-bond acceptors (Lipinski definition) is 5. The van der Waals surface area contributed by atoms with Gasteiger partial charge in [0.2, 0.25) is 0 Å². The van der Waals surface area contributed by atoms with E-state index in [0.717, 1.165) is 0 Å². The molecule has 2 heterocycles. The Bertz CT molecular complexity index is 892. The Balaban J connectivity index is 1.82. The maximum absolute atomic E-state index is 13.6. The van der Waals surface area contributed by atoms with Gasteiger partial charge in [-0.2, -0.15) is 0 Å². The van der Waals surface area contributed by atoms with Gasteiger partial charge in [-0.15, -0.1) is 0 Å². The third-order valence-corrected chi connectivity index (χ3v) is 15.3. The summed E-state index contributed by atoms with van der Waals surface area (Å²) in [5.41, 5.74) is 0.342. The van der Waals surface area contributed by atoms with Crippen LogP contribution in [0.5, 0.6) is 0 Å². The molecule has 5 nitrogen and oxygen atoms in total. The van der Waals surface area contributed by atoms with Crippen LogP contribution in [0.15, 0.2) is 30.3 Å². The van der Waals surface area contributed by atoms with E-state index in [1.165, 1.54) is 0 Å². The van der Waals surface area contributed by atoms with E-state index in [-0.39, 0.29) is 24.0 Å². The molecule has 1 aromatic carbocycles. The van der Waals surface area contributed by atoms with Gasteiger partial charge in [0.1, 0.15) is 0 Å². The SMILES string of the molecule is CC1(C)COC2(CC3(C(=O)c4ccccc4)C([Si](C)(C)C)(C2)S3(=O)=O)OC1. The third-order valence-electron chi connectivity index (χ3n) is 6.63. The summed E-state index contributed by atoms with van der Waals surface area (Å²) in [5, 5.41) is 0. The Morgan fingerprint density at radius 2 is 1.56 bits per heavy atom. The van der Waals surface area contributed by atoms with Gasteiger partial charge in [-0.25, -0.2) is 8.42 Å². The van der Waals surface area contributed by atoms with Crippen LogP contribution in [0, 0.1) is 5.41 Å². The smallest absolute Gasteiger partial charge is 0.185 e. The van der Waals surface area contributed by atoms with E-state index >= 15 is 0 Å². The average molecular weight is 409 g/mol. The first-order chi connectivity index (χ1) is 12.3. The fraction of sp³-hybridized carbons (Fsp3) is 0.650. The Kier molecular flexibility index (Phi) is 3.80. The molecule has 1 aromatic rings. The van der Waals surface area contributed by atoms with E-state index in [1.54, 1.807) is 24.3 Å². The normalized spacial score (nSPS) is 35.6. The van der Waals surface area contributed by atoms with Crippen molar-refractivity contribution in [2.24, 2.45) is 5.41 Å². The molecule has 1 aliphatic carbocycles.